The zero-order chi connectivity index (χ0) is 13.6. The second-order valence-electron chi connectivity index (χ2n) is 4.29. The zero-order valence-corrected chi connectivity index (χ0v) is 10.9. The van der Waals surface area contributed by atoms with Gasteiger partial charge in [0.05, 0.1) is 0 Å². The van der Waals surface area contributed by atoms with Crippen molar-refractivity contribution in [1.29, 1.82) is 0 Å². The Balaban J connectivity index is 2.22. The van der Waals surface area contributed by atoms with E-state index >= 15 is 0 Å². The number of hydrogen-bond acceptors (Lipinski definition) is 5. The number of halogens is 1. The number of aliphatic imine (C=N–C) groups is 1. The fourth-order valence-electron chi connectivity index (χ4n) is 2.11. The number of nitrogens with one attached hydrogen (secondary N) is 1. The van der Waals surface area contributed by atoms with Gasteiger partial charge in [-0.25, -0.2) is 4.68 Å². The lowest BCUT2D eigenvalue weighted by atomic mass is 10.1. The minimum atomic E-state index is 0.132. The van der Waals surface area contributed by atoms with Crippen LogP contribution < -0.4 is 11.1 Å². The predicted molar refractivity (Wildman–Crippen MR) is 73.4 cm³/mol. The molecule has 1 aromatic heterocycles. The number of aromatic nitrogens is 2. The molecule has 0 atom stereocenters. The lowest BCUT2D eigenvalue weighted by molar-refractivity contribution is 0.477. The Bertz CT molecular complexity index is 692. The van der Waals surface area contributed by atoms with Crippen molar-refractivity contribution in [2.24, 2.45) is 17.8 Å². The van der Waals surface area contributed by atoms with Crippen LogP contribution in [-0.4, -0.2) is 20.8 Å². The van der Waals surface area contributed by atoms with Crippen molar-refractivity contribution in [2.75, 3.05) is 0 Å². The van der Waals surface area contributed by atoms with E-state index in [9.17, 15) is 5.11 Å². The molecule has 0 amide bonds. The largest absolute Gasteiger partial charge is 0.507 e. The van der Waals surface area contributed by atoms with Crippen LogP contribution >= 0.6 is 11.6 Å². The number of aryl methyl sites for hydroxylation is 1. The Morgan fingerprint density at radius 3 is 3.05 bits per heavy atom. The molecule has 0 fully saturated rings. The number of nitrogens with zero attached hydrogens (tertiary/aromatic N) is 3. The van der Waals surface area contributed by atoms with Crippen LogP contribution in [0.3, 0.4) is 0 Å². The van der Waals surface area contributed by atoms with Gasteiger partial charge in [0.25, 0.3) is 0 Å². The molecule has 0 saturated carbocycles. The van der Waals surface area contributed by atoms with E-state index in [0.29, 0.717) is 34.6 Å². The molecule has 4 N–H and O–H groups in total. The van der Waals surface area contributed by atoms with Gasteiger partial charge in [0.15, 0.2) is 11.8 Å². The van der Waals surface area contributed by atoms with Crippen molar-refractivity contribution in [3.63, 3.8) is 0 Å². The van der Waals surface area contributed by atoms with Gasteiger partial charge in [-0.2, -0.15) is 10.1 Å². The molecule has 0 saturated heterocycles. The summed E-state index contributed by atoms with van der Waals surface area (Å²) in [6, 6.07) is 4.86. The highest BCUT2D eigenvalue weighted by Crippen LogP contribution is 2.37. The van der Waals surface area contributed by atoms with Crippen LogP contribution in [0.25, 0.3) is 11.3 Å². The maximum atomic E-state index is 9.96. The molecule has 1 aliphatic rings. The summed E-state index contributed by atoms with van der Waals surface area (Å²) in [6.45, 7) is 0.514. The standard InChI is InChI=1S/C12H12ClN5O/c1-18-11-8(5-15-12(14)16-11)10(17-18)7-4-6(13)2-3-9(7)19/h2-4,19H,5H2,1H3,(H3,14,15,16). The lowest BCUT2D eigenvalue weighted by Gasteiger charge is -2.12. The summed E-state index contributed by atoms with van der Waals surface area (Å²) in [7, 11) is 1.78. The normalized spacial score (nSPS) is 13.7. The molecule has 1 aliphatic heterocycles. The Labute approximate surface area is 114 Å². The van der Waals surface area contributed by atoms with Crippen molar-refractivity contribution in [3.05, 3.63) is 28.8 Å². The molecular weight excluding hydrogens is 266 g/mol. The number of benzene rings is 1. The van der Waals surface area contributed by atoms with E-state index in [4.69, 9.17) is 17.3 Å². The number of rotatable bonds is 1. The average molecular weight is 278 g/mol. The maximum Gasteiger partial charge on any atom is 0.195 e. The predicted octanol–water partition coefficient (Wildman–Crippen LogP) is 1.50. The molecular formula is C12H12ClN5O. The van der Waals surface area contributed by atoms with Crippen LogP contribution in [0.1, 0.15) is 5.56 Å². The first-order valence-electron chi connectivity index (χ1n) is 5.69. The second-order valence-corrected chi connectivity index (χ2v) is 4.72. The van der Waals surface area contributed by atoms with E-state index in [1.807, 2.05) is 0 Å². The highest BCUT2D eigenvalue weighted by molar-refractivity contribution is 6.31. The van der Waals surface area contributed by atoms with E-state index < -0.39 is 0 Å². The van der Waals surface area contributed by atoms with Crippen molar-refractivity contribution in [2.45, 2.75) is 6.54 Å². The first-order valence-corrected chi connectivity index (χ1v) is 6.07. The molecule has 0 radical (unpaired) electrons. The number of nitrogens with two attached hydrogens (primary N) is 1. The van der Waals surface area contributed by atoms with Crippen molar-refractivity contribution >= 4 is 23.4 Å². The van der Waals surface area contributed by atoms with Crippen LogP contribution in [0.15, 0.2) is 23.2 Å². The minimum absolute atomic E-state index is 0.132. The summed E-state index contributed by atoms with van der Waals surface area (Å²) in [5, 5.41) is 17.9. The first kappa shape index (κ1) is 11.9. The van der Waals surface area contributed by atoms with Gasteiger partial charge in [0, 0.05) is 29.7 Å². The van der Waals surface area contributed by atoms with Crippen LogP contribution in [0.5, 0.6) is 5.75 Å². The molecule has 0 spiro atoms. The highest BCUT2D eigenvalue weighted by Gasteiger charge is 2.22. The molecule has 1 aromatic carbocycles. The third-order valence-corrected chi connectivity index (χ3v) is 3.23. The molecule has 0 unspecified atom stereocenters. The smallest absolute Gasteiger partial charge is 0.195 e. The summed E-state index contributed by atoms with van der Waals surface area (Å²) in [5.74, 6) is 1.18. The Morgan fingerprint density at radius 2 is 2.26 bits per heavy atom. The Morgan fingerprint density at radius 1 is 1.47 bits per heavy atom. The van der Waals surface area contributed by atoms with E-state index in [-0.39, 0.29) is 5.75 Å². The molecule has 2 heterocycles. The van der Waals surface area contributed by atoms with Crippen LogP contribution in [0.2, 0.25) is 5.02 Å². The van der Waals surface area contributed by atoms with Gasteiger partial charge in [-0.05, 0) is 18.2 Å². The molecule has 98 valence electrons. The molecule has 0 aliphatic carbocycles. The van der Waals surface area contributed by atoms with Gasteiger partial charge < -0.3 is 16.2 Å². The zero-order valence-electron chi connectivity index (χ0n) is 10.2. The minimum Gasteiger partial charge on any atom is -0.507 e. The summed E-state index contributed by atoms with van der Waals surface area (Å²) in [6.07, 6.45) is 0. The van der Waals surface area contributed by atoms with Crippen LogP contribution in [-0.2, 0) is 13.6 Å². The van der Waals surface area contributed by atoms with E-state index in [1.54, 1.807) is 29.9 Å². The molecule has 19 heavy (non-hydrogen) atoms. The topological polar surface area (TPSA) is 88.5 Å². The number of hydrogen-bond donors (Lipinski definition) is 3. The molecule has 6 nitrogen and oxygen atoms in total. The molecule has 7 heteroatoms. The fraction of sp³-hybridized carbons (Fsp3) is 0.167. The third-order valence-electron chi connectivity index (χ3n) is 3.00. The van der Waals surface area contributed by atoms with Gasteiger partial charge in [0.1, 0.15) is 11.4 Å². The monoisotopic (exact) mass is 277 g/mol. The van der Waals surface area contributed by atoms with Gasteiger partial charge in [-0.15, -0.1) is 0 Å². The lowest BCUT2D eigenvalue weighted by Crippen LogP contribution is -2.33. The third kappa shape index (κ3) is 1.90. The maximum absolute atomic E-state index is 9.96. The summed E-state index contributed by atoms with van der Waals surface area (Å²) < 4.78 is 1.64. The van der Waals surface area contributed by atoms with Gasteiger partial charge in [-0.1, -0.05) is 11.6 Å². The number of phenols is 1. The molecule has 0 bridgehead atoms. The van der Waals surface area contributed by atoms with E-state index in [2.05, 4.69) is 15.4 Å². The second kappa shape index (κ2) is 4.17. The van der Waals surface area contributed by atoms with Crippen LogP contribution in [0, 0.1) is 0 Å². The van der Waals surface area contributed by atoms with E-state index in [0.717, 1.165) is 5.56 Å². The molecule has 3 rings (SSSR count). The number of aromatic hydroxyl groups is 1. The van der Waals surface area contributed by atoms with Gasteiger partial charge in [-0.3, -0.25) is 0 Å². The highest BCUT2D eigenvalue weighted by atomic mass is 35.5. The van der Waals surface area contributed by atoms with Gasteiger partial charge >= 0.3 is 0 Å². The Hall–Kier alpha value is -2.21. The first-order chi connectivity index (χ1) is 9.06. The van der Waals surface area contributed by atoms with Crippen molar-refractivity contribution < 1.29 is 5.11 Å². The van der Waals surface area contributed by atoms with Crippen LogP contribution in [0.4, 0.5) is 5.82 Å². The molecule has 2 aromatic rings. The fourth-order valence-corrected chi connectivity index (χ4v) is 2.28. The number of fused-ring (bicyclic) bond motifs is 1. The Kier molecular flexibility index (Phi) is 2.60. The summed E-state index contributed by atoms with van der Waals surface area (Å²) in [4.78, 5) is 4.21. The summed E-state index contributed by atoms with van der Waals surface area (Å²) >= 11 is 5.97. The van der Waals surface area contributed by atoms with E-state index in [1.165, 1.54) is 0 Å². The summed E-state index contributed by atoms with van der Waals surface area (Å²) in [5.41, 5.74) is 7.77. The average Bonchev–Trinajstić information content (AvgIpc) is 2.69. The quantitative estimate of drug-likeness (QED) is 0.737. The number of phenolic OH excluding ortho intramolecular Hbond substituents is 1. The SMILES string of the molecule is Cn1nc(-c2cc(Cl)ccc2O)c2c1N=C(N)NC2. The van der Waals surface area contributed by atoms with Gasteiger partial charge in [0.2, 0.25) is 0 Å². The van der Waals surface area contributed by atoms with Crippen molar-refractivity contribution in [1.82, 2.24) is 15.1 Å². The van der Waals surface area contributed by atoms with Crippen molar-refractivity contribution in [3.8, 4) is 17.0 Å². The number of guanidine groups is 1.